The number of halogens is 1. The first-order valence-electron chi connectivity index (χ1n) is 10.3. The molecule has 5 nitrogen and oxygen atoms in total. The molecule has 28 heavy (non-hydrogen) atoms. The summed E-state index contributed by atoms with van der Waals surface area (Å²) in [6.45, 7) is 1.77. The third-order valence-corrected chi connectivity index (χ3v) is 6.12. The van der Waals surface area contributed by atoms with Crippen molar-refractivity contribution >= 4 is 5.91 Å². The van der Waals surface area contributed by atoms with Gasteiger partial charge in [-0.25, -0.2) is 4.39 Å². The van der Waals surface area contributed by atoms with E-state index in [4.69, 9.17) is 0 Å². The molecule has 1 saturated heterocycles. The van der Waals surface area contributed by atoms with Gasteiger partial charge in [-0.15, -0.1) is 0 Å². The second-order valence-corrected chi connectivity index (χ2v) is 7.96. The normalized spacial score (nSPS) is 24.2. The van der Waals surface area contributed by atoms with E-state index in [1.54, 1.807) is 29.1 Å². The number of carbonyl (C=O) groups excluding carboxylic acids is 1. The van der Waals surface area contributed by atoms with E-state index in [2.05, 4.69) is 10.2 Å². The van der Waals surface area contributed by atoms with Crippen LogP contribution in [0.2, 0.25) is 0 Å². The summed E-state index contributed by atoms with van der Waals surface area (Å²) in [5.74, 6) is -0.640. The molecule has 2 N–H and O–H groups in total. The van der Waals surface area contributed by atoms with Crippen molar-refractivity contribution in [2.45, 2.75) is 56.7 Å². The molecule has 0 spiro atoms. The lowest BCUT2D eigenvalue weighted by Crippen LogP contribution is -2.52. The largest absolute Gasteiger partial charge is 0.391 e. The number of nitrogens with one attached hydrogen (secondary N) is 1. The Labute approximate surface area is 165 Å². The molecule has 2 heterocycles. The zero-order chi connectivity index (χ0) is 19.5. The Bertz CT molecular complexity index is 800. The van der Waals surface area contributed by atoms with Gasteiger partial charge in [-0.2, -0.15) is 0 Å². The van der Waals surface area contributed by atoms with Gasteiger partial charge < -0.3 is 15.0 Å². The van der Waals surface area contributed by atoms with Crippen molar-refractivity contribution in [2.75, 3.05) is 13.1 Å². The monoisotopic (exact) mass is 385 g/mol. The predicted octanol–water partition coefficient (Wildman–Crippen LogP) is 3.11. The molecule has 2 aromatic rings. The Morgan fingerprint density at radius 1 is 1.07 bits per heavy atom. The number of aromatic nitrogens is 1. The van der Waals surface area contributed by atoms with Crippen LogP contribution >= 0.6 is 0 Å². The van der Waals surface area contributed by atoms with Crippen molar-refractivity contribution in [1.29, 1.82) is 0 Å². The molecule has 1 aliphatic heterocycles. The van der Waals surface area contributed by atoms with Crippen LogP contribution in [0.15, 0.2) is 42.7 Å². The molecular formula is C22H28FN3O2. The summed E-state index contributed by atoms with van der Waals surface area (Å²) in [6.07, 6.45) is 9.30. The van der Waals surface area contributed by atoms with Gasteiger partial charge in [0.05, 0.1) is 11.8 Å². The fourth-order valence-electron chi connectivity index (χ4n) is 4.51. The van der Waals surface area contributed by atoms with Crippen molar-refractivity contribution in [3.63, 3.8) is 0 Å². The van der Waals surface area contributed by atoms with E-state index < -0.39 is 5.82 Å². The number of carbonyl (C=O) groups is 1. The quantitative estimate of drug-likeness (QED) is 0.850. The van der Waals surface area contributed by atoms with Gasteiger partial charge in [-0.3, -0.25) is 9.69 Å². The van der Waals surface area contributed by atoms with Crippen LogP contribution in [-0.4, -0.2) is 51.8 Å². The van der Waals surface area contributed by atoms with Crippen LogP contribution in [0.4, 0.5) is 4.39 Å². The molecule has 0 unspecified atom stereocenters. The van der Waals surface area contributed by atoms with Crippen molar-refractivity contribution in [3.05, 3.63) is 54.1 Å². The van der Waals surface area contributed by atoms with Gasteiger partial charge >= 0.3 is 0 Å². The predicted molar refractivity (Wildman–Crippen MR) is 106 cm³/mol. The van der Waals surface area contributed by atoms with E-state index in [9.17, 15) is 14.3 Å². The molecule has 150 valence electrons. The van der Waals surface area contributed by atoms with E-state index in [-0.39, 0.29) is 24.1 Å². The molecule has 1 aliphatic carbocycles. The van der Waals surface area contributed by atoms with E-state index in [0.29, 0.717) is 11.3 Å². The first-order chi connectivity index (χ1) is 13.6. The van der Waals surface area contributed by atoms with Crippen LogP contribution in [0.3, 0.4) is 0 Å². The second kappa shape index (κ2) is 8.45. The molecule has 0 radical (unpaired) electrons. The summed E-state index contributed by atoms with van der Waals surface area (Å²) in [6, 6.07) is 8.63. The number of benzene rings is 1. The first kappa shape index (κ1) is 19.2. The van der Waals surface area contributed by atoms with Crippen LogP contribution in [0, 0.1) is 5.82 Å². The number of hydrogen-bond donors (Lipinski definition) is 2. The Balaban J connectivity index is 1.33. The maximum absolute atomic E-state index is 14.4. The van der Waals surface area contributed by atoms with Crippen molar-refractivity contribution in [3.8, 4) is 5.69 Å². The molecule has 1 saturated carbocycles. The SMILES string of the molecule is O=C(NC1CCN([C@H]2CCCC[C@@H]2O)CC1)c1ccc(-n2cccc2)c(F)c1. The topological polar surface area (TPSA) is 57.5 Å². The number of piperidine rings is 1. The molecular weight excluding hydrogens is 357 g/mol. The fourth-order valence-corrected chi connectivity index (χ4v) is 4.51. The molecule has 2 atom stereocenters. The van der Waals surface area contributed by atoms with Crippen LogP contribution < -0.4 is 5.32 Å². The number of likely N-dealkylation sites (tertiary alicyclic amines) is 1. The lowest BCUT2D eigenvalue weighted by Gasteiger charge is -2.41. The Morgan fingerprint density at radius 3 is 2.46 bits per heavy atom. The third kappa shape index (κ3) is 4.13. The molecule has 1 aromatic carbocycles. The number of rotatable bonds is 4. The van der Waals surface area contributed by atoms with E-state index in [1.165, 1.54) is 12.5 Å². The Hall–Kier alpha value is -2.18. The smallest absolute Gasteiger partial charge is 0.251 e. The molecule has 1 amide bonds. The Kier molecular flexibility index (Phi) is 5.78. The number of aliphatic hydroxyl groups is 1. The van der Waals surface area contributed by atoms with Gasteiger partial charge in [0.15, 0.2) is 0 Å². The maximum atomic E-state index is 14.4. The van der Waals surface area contributed by atoms with Crippen LogP contribution in [0.5, 0.6) is 0 Å². The minimum absolute atomic E-state index is 0.0941. The molecule has 4 rings (SSSR count). The van der Waals surface area contributed by atoms with Gasteiger partial charge in [0.1, 0.15) is 5.82 Å². The second-order valence-electron chi connectivity index (χ2n) is 7.96. The highest BCUT2D eigenvalue weighted by molar-refractivity contribution is 5.94. The van der Waals surface area contributed by atoms with Crippen LogP contribution in [-0.2, 0) is 0 Å². The van der Waals surface area contributed by atoms with Crippen molar-refractivity contribution in [1.82, 2.24) is 14.8 Å². The fraction of sp³-hybridized carbons (Fsp3) is 0.500. The lowest BCUT2D eigenvalue weighted by atomic mass is 9.89. The summed E-state index contributed by atoms with van der Waals surface area (Å²) in [4.78, 5) is 14.9. The summed E-state index contributed by atoms with van der Waals surface area (Å²) in [7, 11) is 0. The number of aliphatic hydroxyl groups excluding tert-OH is 1. The average Bonchev–Trinajstić information content (AvgIpc) is 3.23. The minimum atomic E-state index is -0.412. The summed E-state index contributed by atoms with van der Waals surface area (Å²) >= 11 is 0. The molecule has 1 aromatic heterocycles. The standard InChI is InChI=1S/C22H28FN3O2/c23-18-15-16(7-8-19(18)25-11-3-4-12-25)22(28)24-17-9-13-26(14-10-17)20-5-1-2-6-21(20)27/h3-4,7-8,11-12,15,17,20-21,27H,1-2,5-6,9-10,13-14H2,(H,24,28)/t20-,21-/m0/s1. The molecule has 6 heteroatoms. The van der Waals surface area contributed by atoms with Crippen molar-refractivity contribution < 1.29 is 14.3 Å². The van der Waals surface area contributed by atoms with E-state index in [1.807, 2.05) is 12.1 Å². The highest BCUT2D eigenvalue weighted by Crippen LogP contribution is 2.26. The van der Waals surface area contributed by atoms with Crippen molar-refractivity contribution in [2.24, 2.45) is 0 Å². The molecule has 2 fully saturated rings. The highest BCUT2D eigenvalue weighted by atomic mass is 19.1. The van der Waals surface area contributed by atoms with Crippen LogP contribution in [0.1, 0.15) is 48.9 Å². The van der Waals surface area contributed by atoms with E-state index >= 15 is 0 Å². The van der Waals surface area contributed by atoms with Gasteiger partial charge in [0, 0.05) is 43.1 Å². The highest BCUT2D eigenvalue weighted by Gasteiger charge is 2.31. The van der Waals surface area contributed by atoms with Gasteiger partial charge in [0.25, 0.3) is 5.91 Å². The lowest BCUT2D eigenvalue weighted by molar-refractivity contribution is 0.00727. The zero-order valence-electron chi connectivity index (χ0n) is 16.1. The van der Waals surface area contributed by atoms with Gasteiger partial charge in [-0.05, 0) is 56.0 Å². The summed E-state index contributed by atoms with van der Waals surface area (Å²) in [5, 5.41) is 13.3. The Morgan fingerprint density at radius 2 is 1.79 bits per heavy atom. The molecule has 2 aliphatic rings. The van der Waals surface area contributed by atoms with Gasteiger partial charge in [0.2, 0.25) is 0 Å². The summed E-state index contributed by atoms with van der Waals surface area (Å²) < 4.78 is 16.1. The van der Waals surface area contributed by atoms with E-state index in [0.717, 1.165) is 45.2 Å². The number of nitrogens with zero attached hydrogens (tertiary/aromatic N) is 2. The first-order valence-corrected chi connectivity index (χ1v) is 10.3. The molecule has 0 bridgehead atoms. The number of amides is 1. The number of hydrogen-bond acceptors (Lipinski definition) is 3. The zero-order valence-corrected chi connectivity index (χ0v) is 16.1. The summed E-state index contributed by atoms with van der Waals surface area (Å²) in [5.41, 5.74) is 0.777. The van der Waals surface area contributed by atoms with Crippen LogP contribution in [0.25, 0.3) is 5.69 Å². The minimum Gasteiger partial charge on any atom is -0.391 e. The average molecular weight is 385 g/mol. The van der Waals surface area contributed by atoms with Gasteiger partial charge in [-0.1, -0.05) is 12.8 Å². The maximum Gasteiger partial charge on any atom is 0.251 e. The third-order valence-electron chi connectivity index (χ3n) is 6.12.